The number of hydrogen-bond acceptors (Lipinski definition) is 4. The van der Waals surface area contributed by atoms with Crippen molar-refractivity contribution in [1.82, 2.24) is 10.9 Å². The van der Waals surface area contributed by atoms with Crippen LogP contribution >= 0.6 is 0 Å². The molecule has 11 heavy (non-hydrogen) atoms. The van der Waals surface area contributed by atoms with Crippen molar-refractivity contribution >= 4 is 12.2 Å². The van der Waals surface area contributed by atoms with Crippen LogP contribution in [0.1, 0.15) is 6.92 Å². The maximum atomic E-state index is 10.3. The van der Waals surface area contributed by atoms with Gasteiger partial charge in [-0.25, -0.2) is 10.2 Å². The molecule has 0 aromatic carbocycles. The quantitative estimate of drug-likeness (QED) is 0.307. The van der Waals surface area contributed by atoms with E-state index in [-0.39, 0.29) is 36.2 Å². The summed E-state index contributed by atoms with van der Waals surface area (Å²) in [4.78, 5) is 19.9. The first-order chi connectivity index (χ1) is 4.66. The van der Waals surface area contributed by atoms with Crippen molar-refractivity contribution in [3.63, 3.8) is 0 Å². The first kappa shape index (κ1) is 13.2. The summed E-state index contributed by atoms with van der Waals surface area (Å²) in [6, 6.07) is 0. The predicted molar refractivity (Wildman–Crippen MR) is 28.7 cm³/mol. The second-order valence-corrected chi connectivity index (χ2v) is 1.26. The van der Waals surface area contributed by atoms with Crippen LogP contribution in [-0.4, -0.2) is 18.8 Å². The van der Waals surface area contributed by atoms with E-state index in [4.69, 9.17) is 0 Å². The summed E-state index contributed by atoms with van der Waals surface area (Å²) in [5.41, 5.74) is 3.22. The third kappa shape index (κ3) is 9.54. The van der Waals surface area contributed by atoms with Gasteiger partial charge < -0.3 is 14.6 Å². The molecule has 0 aliphatic heterocycles. The van der Waals surface area contributed by atoms with Gasteiger partial charge in [0.05, 0.1) is 6.61 Å². The maximum absolute atomic E-state index is 10.3. The average Bonchev–Trinajstić information content (AvgIpc) is 1.85. The molecule has 2 N–H and O–H groups in total. The number of amides is 2. The Hall–Kier alpha value is -0.460. The van der Waals surface area contributed by atoms with Crippen molar-refractivity contribution in [1.29, 1.82) is 0 Å². The molecule has 0 fully saturated rings. The third-order valence-electron chi connectivity index (χ3n) is 0.542. The number of ether oxygens (including phenoxy) is 1. The van der Waals surface area contributed by atoms with Gasteiger partial charge in [0.15, 0.2) is 6.09 Å². The Bertz CT molecular complexity index is 140. The van der Waals surface area contributed by atoms with E-state index in [1.165, 1.54) is 5.43 Å². The van der Waals surface area contributed by atoms with E-state index in [1.807, 2.05) is 0 Å². The van der Waals surface area contributed by atoms with Crippen LogP contribution in [0, 0.1) is 0 Å². The van der Waals surface area contributed by atoms with Crippen LogP contribution in [-0.2, 0) is 4.74 Å². The molecule has 0 spiro atoms. The fourth-order valence-corrected chi connectivity index (χ4v) is 0.269. The van der Waals surface area contributed by atoms with E-state index in [9.17, 15) is 14.7 Å². The second-order valence-electron chi connectivity index (χ2n) is 1.26. The number of carboxylic acid groups (broad SMARTS) is 1. The minimum atomic E-state index is -1.59. The molecule has 0 aromatic heterocycles. The van der Waals surface area contributed by atoms with Crippen LogP contribution in [0.25, 0.3) is 0 Å². The second kappa shape index (κ2) is 7.64. The minimum absolute atomic E-state index is 0. The van der Waals surface area contributed by atoms with Gasteiger partial charge in [-0.2, -0.15) is 0 Å². The van der Waals surface area contributed by atoms with E-state index in [0.717, 1.165) is 0 Å². The number of nitrogens with one attached hydrogen (secondary N) is 2. The number of carbonyl (C=O) groups is 2. The van der Waals surface area contributed by atoms with Crippen molar-refractivity contribution in [2.24, 2.45) is 0 Å². The largest absolute Gasteiger partial charge is 1.00 e. The predicted octanol–water partition coefficient (Wildman–Crippen LogP) is -4.42. The molecule has 0 heterocycles. The molecule has 0 aliphatic carbocycles. The van der Waals surface area contributed by atoms with Crippen molar-refractivity contribution in [2.75, 3.05) is 6.61 Å². The summed E-state index contributed by atoms with van der Waals surface area (Å²) in [5.74, 6) is 0. The fraction of sp³-hybridized carbons (Fsp3) is 0.500. The summed E-state index contributed by atoms with van der Waals surface area (Å²) >= 11 is 0. The zero-order valence-corrected chi connectivity index (χ0v) is 8.34. The third-order valence-corrected chi connectivity index (χ3v) is 0.542. The van der Waals surface area contributed by atoms with Crippen molar-refractivity contribution < 1.29 is 49.0 Å². The molecule has 2 amide bonds. The van der Waals surface area contributed by atoms with E-state index < -0.39 is 12.2 Å². The molecular weight excluding hydrogens is 163 g/mol. The molecular formula is C4H7N2NaO4. The van der Waals surface area contributed by atoms with E-state index >= 15 is 0 Å². The summed E-state index contributed by atoms with van der Waals surface area (Å²) < 4.78 is 4.29. The standard InChI is InChI=1S/C4H8N2O4.Na/c1-2-10-4(9)6-5-3(7)8;/h5H,2H2,1H3,(H,6,9)(H,7,8);/q;+1/p-1. The first-order valence-electron chi connectivity index (χ1n) is 2.56. The zero-order valence-electron chi connectivity index (χ0n) is 6.34. The molecule has 7 heteroatoms. The van der Waals surface area contributed by atoms with Crippen LogP contribution in [0.4, 0.5) is 9.59 Å². The zero-order chi connectivity index (χ0) is 7.98. The van der Waals surface area contributed by atoms with Crippen LogP contribution in [0.3, 0.4) is 0 Å². The molecule has 0 aromatic rings. The summed E-state index contributed by atoms with van der Waals surface area (Å²) in [6.07, 6.45) is -2.44. The van der Waals surface area contributed by atoms with E-state index in [1.54, 1.807) is 12.3 Å². The molecule has 58 valence electrons. The van der Waals surface area contributed by atoms with Crippen molar-refractivity contribution in [3.8, 4) is 0 Å². The Morgan fingerprint density at radius 1 is 1.45 bits per heavy atom. The smallest absolute Gasteiger partial charge is 0.529 e. The number of hydrazine groups is 1. The number of carbonyl (C=O) groups excluding carboxylic acids is 2. The van der Waals surface area contributed by atoms with Gasteiger partial charge in [-0.3, -0.25) is 5.43 Å². The summed E-state index contributed by atoms with van der Waals surface area (Å²) in [6.45, 7) is 1.78. The number of rotatable bonds is 1. The normalized spacial score (nSPS) is 7.36. The Labute approximate surface area is 85.5 Å². The van der Waals surface area contributed by atoms with Gasteiger partial charge in [-0.15, -0.1) is 0 Å². The molecule has 0 unspecified atom stereocenters. The summed E-state index contributed by atoms with van der Waals surface area (Å²) in [7, 11) is 0. The average molecular weight is 170 g/mol. The molecule has 0 radical (unpaired) electrons. The molecule has 0 rings (SSSR count). The van der Waals surface area contributed by atoms with Crippen LogP contribution in [0.2, 0.25) is 0 Å². The van der Waals surface area contributed by atoms with Gasteiger partial charge in [0.2, 0.25) is 0 Å². The molecule has 0 saturated heterocycles. The Kier molecular flexibility index (Phi) is 9.14. The topological polar surface area (TPSA) is 90.5 Å². The summed E-state index contributed by atoms with van der Waals surface area (Å²) in [5, 5.41) is 9.62. The van der Waals surface area contributed by atoms with Crippen molar-refractivity contribution in [3.05, 3.63) is 0 Å². The molecule has 0 saturated carbocycles. The van der Waals surface area contributed by atoms with E-state index in [2.05, 4.69) is 4.74 Å². The minimum Gasteiger partial charge on any atom is -0.529 e. The monoisotopic (exact) mass is 170 g/mol. The Morgan fingerprint density at radius 2 is 2.00 bits per heavy atom. The molecule has 6 nitrogen and oxygen atoms in total. The van der Waals surface area contributed by atoms with Gasteiger partial charge in [0, 0.05) is 0 Å². The van der Waals surface area contributed by atoms with Crippen molar-refractivity contribution in [2.45, 2.75) is 6.92 Å². The molecule has 0 aliphatic rings. The van der Waals surface area contributed by atoms with Crippen LogP contribution in [0.15, 0.2) is 0 Å². The van der Waals surface area contributed by atoms with Gasteiger partial charge in [0.25, 0.3) is 0 Å². The molecule has 0 atom stereocenters. The Morgan fingerprint density at radius 3 is 2.36 bits per heavy atom. The van der Waals surface area contributed by atoms with E-state index in [0.29, 0.717) is 0 Å². The Balaban J connectivity index is 0. The van der Waals surface area contributed by atoms with Gasteiger partial charge in [0.1, 0.15) is 0 Å². The van der Waals surface area contributed by atoms with Gasteiger partial charge in [-0.1, -0.05) is 0 Å². The SMILES string of the molecule is CCOC(=O)NNC(=O)[O-].[Na+]. The number of hydrogen-bond donors (Lipinski definition) is 2. The van der Waals surface area contributed by atoms with Gasteiger partial charge in [-0.05, 0) is 6.92 Å². The van der Waals surface area contributed by atoms with Gasteiger partial charge >= 0.3 is 35.7 Å². The fourth-order valence-electron chi connectivity index (χ4n) is 0.269. The first-order valence-corrected chi connectivity index (χ1v) is 2.56. The van der Waals surface area contributed by atoms with Crippen LogP contribution in [0.5, 0.6) is 0 Å². The maximum Gasteiger partial charge on any atom is 1.00 e. The molecule has 0 bridgehead atoms. The van der Waals surface area contributed by atoms with Crippen LogP contribution < -0.4 is 45.5 Å².